The van der Waals surface area contributed by atoms with E-state index < -0.39 is 0 Å². The van der Waals surface area contributed by atoms with Crippen LogP contribution in [-0.4, -0.2) is 51.2 Å². The molecule has 1 saturated heterocycles. The van der Waals surface area contributed by atoms with Gasteiger partial charge in [-0.3, -0.25) is 9.69 Å². The van der Waals surface area contributed by atoms with Crippen molar-refractivity contribution in [3.05, 3.63) is 23.8 Å². The summed E-state index contributed by atoms with van der Waals surface area (Å²) >= 11 is 0. The van der Waals surface area contributed by atoms with Crippen LogP contribution in [0.4, 0.5) is 0 Å². The number of hydrogen-bond acceptors (Lipinski definition) is 4. The molecule has 1 amide bonds. The van der Waals surface area contributed by atoms with Crippen LogP contribution in [0.1, 0.15) is 18.4 Å². The number of terminal acetylenes is 1. The Bertz CT molecular complexity index is 587. The quantitative estimate of drug-likeness (QED) is 0.773. The molecule has 0 radical (unpaired) electrons. The summed E-state index contributed by atoms with van der Waals surface area (Å²) in [6.45, 7) is 3.05. The summed E-state index contributed by atoms with van der Waals surface area (Å²) in [6, 6.07) is 5.79. The Balaban J connectivity index is 1.80. The molecule has 0 aliphatic carbocycles. The topological polar surface area (TPSA) is 50.8 Å². The fraction of sp³-hybridized carbons (Fsp3) is 0.526. The standard InChI is InChI=1S/C19H26N2O3/c1-4-12-21-13-9-16(10-14-21)19(22)20-11-8-15-6-5-7-17(23-2)18(15)24-3/h1,5-7,16H,8-14H2,2-3H3,(H,20,22). The maximum atomic E-state index is 12.3. The third-order valence-electron chi connectivity index (χ3n) is 4.45. The van der Waals surface area contributed by atoms with Gasteiger partial charge in [-0.05, 0) is 44.0 Å². The first-order valence-electron chi connectivity index (χ1n) is 8.33. The van der Waals surface area contributed by atoms with Crippen LogP contribution in [0.5, 0.6) is 11.5 Å². The molecule has 0 spiro atoms. The van der Waals surface area contributed by atoms with Crippen molar-refractivity contribution in [3.63, 3.8) is 0 Å². The molecule has 24 heavy (non-hydrogen) atoms. The van der Waals surface area contributed by atoms with Gasteiger partial charge in [0.2, 0.25) is 5.91 Å². The highest BCUT2D eigenvalue weighted by molar-refractivity contribution is 5.78. The highest BCUT2D eigenvalue weighted by Crippen LogP contribution is 2.30. The minimum atomic E-state index is 0.0891. The molecule has 1 aliphatic rings. The van der Waals surface area contributed by atoms with E-state index in [9.17, 15) is 4.79 Å². The Kier molecular flexibility index (Phi) is 6.95. The number of piperidine rings is 1. The van der Waals surface area contributed by atoms with E-state index in [1.807, 2.05) is 18.2 Å². The first-order chi connectivity index (χ1) is 11.7. The Hall–Kier alpha value is -2.19. The predicted octanol–water partition coefficient (Wildman–Crippen LogP) is 1.71. The number of likely N-dealkylation sites (tertiary alicyclic amines) is 1. The zero-order valence-electron chi connectivity index (χ0n) is 14.5. The second kappa shape index (κ2) is 9.19. The summed E-state index contributed by atoms with van der Waals surface area (Å²) in [4.78, 5) is 14.5. The maximum Gasteiger partial charge on any atom is 0.223 e. The van der Waals surface area contributed by atoms with Crippen LogP contribution in [0.25, 0.3) is 0 Å². The molecule has 1 N–H and O–H groups in total. The van der Waals surface area contributed by atoms with Crippen molar-refractivity contribution in [1.82, 2.24) is 10.2 Å². The third-order valence-corrected chi connectivity index (χ3v) is 4.45. The van der Waals surface area contributed by atoms with Crippen LogP contribution in [0.3, 0.4) is 0 Å². The molecule has 0 unspecified atom stereocenters. The number of rotatable bonds is 7. The number of carbonyl (C=O) groups excluding carboxylic acids is 1. The number of carbonyl (C=O) groups is 1. The van der Waals surface area contributed by atoms with E-state index in [2.05, 4.69) is 16.1 Å². The summed E-state index contributed by atoms with van der Waals surface area (Å²) in [6.07, 6.45) is 7.78. The number of nitrogens with zero attached hydrogens (tertiary/aromatic N) is 1. The average molecular weight is 330 g/mol. The van der Waals surface area contributed by atoms with Gasteiger partial charge in [-0.15, -0.1) is 6.42 Å². The zero-order chi connectivity index (χ0) is 17.4. The SMILES string of the molecule is C#CCN1CCC(C(=O)NCCc2cccc(OC)c2OC)CC1. The van der Waals surface area contributed by atoms with Crippen molar-refractivity contribution in [2.24, 2.45) is 5.92 Å². The largest absolute Gasteiger partial charge is 0.493 e. The van der Waals surface area contributed by atoms with Crippen molar-refractivity contribution >= 4 is 5.91 Å². The fourth-order valence-corrected chi connectivity index (χ4v) is 3.10. The molecular weight excluding hydrogens is 304 g/mol. The van der Waals surface area contributed by atoms with Gasteiger partial charge in [0, 0.05) is 12.5 Å². The lowest BCUT2D eigenvalue weighted by Gasteiger charge is -2.29. The molecule has 2 rings (SSSR count). The van der Waals surface area contributed by atoms with Crippen LogP contribution in [0.15, 0.2) is 18.2 Å². The molecule has 5 nitrogen and oxygen atoms in total. The Morgan fingerprint density at radius 1 is 1.33 bits per heavy atom. The summed E-state index contributed by atoms with van der Waals surface area (Å²) in [7, 11) is 3.25. The molecule has 1 heterocycles. The molecule has 1 aromatic carbocycles. The summed E-state index contributed by atoms with van der Waals surface area (Å²) in [5.41, 5.74) is 1.03. The Morgan fingerprint density at radius 3 is 2.71 bits per heavy atom. The van der Waals surface area contributed by atoms with Gasteiger partial charge in [0.15, 0.2) is 11.5 Å². The third kappa shape index (κ3) is 4.65. The summed E-state index contributed by atoms with van der Waals surface area (Å²) in [5.74, 6) is 4.33. The van der Waals surface area contributed by atoms with Gasteiger partial charge in [-0.1, -0.05) is 18.1 Å². The van der Waals surface area contributed by atoms with Crippen molar-refractivity contribution in [2.75, 3.05) is 40.4 Å². The molecule has 0 aromatic heterocycles. The molecule has 0 saturated carbocycles. The van der Waals surface area contributed by atoms with Gasteiger partial charge in [-0.25, -0.2) is 0 Å². The summed E-state index contributed by atoms with van der Waals surface area (Å²) in [5, 5.41) is 3.04. The lowest BCUT2D eigenvalue weighted by atomic mass is 9.96. The molecule has 1 fully saturated rings. The molecule has 0 atom stereocenters. The van der Waals surface area contributed by atoms with Gasteiger partial charge in [0.1, 0.15) is 0 Å². The van der Waals surface area contributed by atoms with E-state index in [1.165, 1.54) is 0 Å². The number of benzene rings is 1. The maximum absolute atomic E-state index is 12.3. The van der Waals surface area contributed by atoms with Crippen LogP contribution in [-0.2, 0) is 11.2 Å². The number of hydrogen-bond donors (Lipinski definition) is 1. The highest BCUT2D eigenvalue weighted by atomic mass is 16.5. The highest BCUT2D eigenvalue weighted by Gasteiger charge is 2.24. The smallest absolute Gasteiger partial charge is 0.223 e. The second-order valence-electron chi connectivity index (χ2n) is 5.95. The lowest BCUT2D eigenvalue weighted by Crippen LogP contribution is -2.41. The average Bonchev–Trinajstić information content (AvgIpc) is 2.62. The number of ether oxygens (including phenoxy) is 2. The van der Waals surface area contributed by atoms with Gasteiger partial charge >= 0.3 is 0 Å². The van der Waals surface area contributed by atoms with Crippen molar-refractivity contribution in [1.29, 1.82) is 0 Å². The van der Waals surface area contributed by atoms with Gasteiger partial charge in [0.25, 0.3) is 0 Å². The van der Waals surface area contributed by atoms with Crippen LogP contribution in [0.2, 0.25) is 0 Å². The monoisotopic (exact) mass is 330 g/mol. The van der Waals surface area contributed by atoms with Gasteiger partial charge < -0.3 is 14.8 Å². The zero-order valence-corrected chi connectivity index (χ0v) is 14.5. The van der Waals surface area contributed by atoms with Gasteiger partial charge in [-0.2, -0.15) is 0 Å². The van der Waals surface area contributed by atoms with E-state index in [0.29, 0.717) is 25.3 Å². The number of para-hydroxylation sites is 1. The minimum absolute atomic E-state index is 0.0891. The first-order valence-corrected chi connectivity index (χ1v) is 8.33. The normalized spacial score (nSPS) is 15.5. The number of methoxy groups -OCH3 is 2. The number of amides is 1. The summed E-state index contributed by atoms with van der Waals surface area (Å²) < 4.78 is 10.7. The molecular formula is C19H26N2O3. The van der Waals surface area contributed by atoms with Crippen LogP contribution >= 0.6 is 0 Å². The molecule has 130 valence electrons. The molecule has 1 aromatic rings. The lowest BCUT2D eigenvalue weighted by molar-refractivity contribution is -0.126. The van der Waals surface area contributed by atoms with E-state index in [1.54, 1.807) is 14.2 Å². The minimum Gasteiger partial charge on any atom is -0.493 e. The Labute approximate surface area is 144 Å². The van der Waals surface area contributed by atoms with E-state index >= 15 is 0 Å². The van der Waals surface area contributed by atoms with Crippen molar-refractivity contribution in [3.8, 4) is 23.8 Å². The predicted molar refractivity (Wildman–Crippen MR) is 94.3 cm³/mol. The van der Waals surface area contributed by atoms with Crippen molar-refractivity contribution in [2.45, 2.75) is 19.3 Å². The van der Waals surface area contributed by atoms with E-state index in [4.69, 9.17) is 15.9 Å². The van der Waals surface area contributed by atoms with Crippen LogP contribution in [0, 0.1) is 18.3 Å². The van der Waals surface area contributed by atoms with Gasteiger partial charge in [0.05, 0.1) is 20.8 Å². The van der Waals surface area contributed by atoms with E-state index in [0.717, 1.165) is 37.2 Å². The first kappa shape index (κ1) is 18.2. The fourth-order valence-electron chi connectivity index (χ4n) is 3.10. The van der Waals surface area contributed by atoms with Crippen molar-refractivity contribution < 1.29 is 14.3 Å². The van der Waals surface area contributed by atoms with E-state index in [-0.39, 0.29) is 11.8 Å². The molecule has 0 bridgehead atoms. The molecule has 5 heteroatoms. The second-order valence-corrected chi connectivity index (χ2v) is 5.95. The van der Waals surface area contributed by atoms with Crippen LogP contribution < -0.4 is 14.8 Å². The number of nitrogens with one attached hydrogen (secondary N) is 1. The molecule has 1 aliphatic heterocycles. The Morgan fingerprint density at radius 2 is 2.08 bits per heavy atom.